The lowest BCUT2D eigenvalue weighted by Crippen LogP contribution is -2.36. The number of guanidine groups is 1. The molecule has 7 heteroatoms. The summed E-state index contributed by atoms with van der Waals surface area (Å²) in [6.45, 7) is 5.41. The summed E-state index contributed by atoms with van der Waals surface area (Å²) in [7, 11) is 3.80. The van der Waals surface area contributed by atoms with E-state index in [1.807, 2.05) is 32.2 Å². The number of fused-ring (bicyclic) bond motifs is 1. The Kier molecular flexibility index (Phi) is 4.80. The second-order valence-electron chi connectivity index (χ2n) is 5.60. The van der Waals surface area contributed by atoms with E-state index in [1.54, 1.807) is 18.4 Å². The highest BCUT2D eigenvalue weighted by molar-refractivity contribution is 7.11. The number of benzene rings is 1. The van der Waals surface area contributed by atoms with E-state index < -0.39 is 0 Å². The van der Waals surface area contributed by atoms with Gasteiger partial charge in [-0.15, -0.1) is 11.3 Å². The molecule has 0 atom stereocenters. The van der Waals surface area contributed by atoms with Crippen molar-refractivity contribution in [3.8, 4) is 0 Å². The number of nitrogens with zero attached hydrogens (tertiary/aromatic N) is 4. The number of para-hydroxylation sites is 2. The maximum atomic E-state index is 4.66. The van der Waals surface area contributed by atoms with Gasteiger partial charge in [0.25, 0.3) is 0 Å². The first-order valence-electron chi connectivity index (χ1n) is 7.86. The van der Waals surface area contributed by atoms with Gasteiger partial charge in [-0.1, -0.05) is 12.1 Å². The molecule has 0 aliphatic heterocycles. The molecule has 0 radical (unpaired) electrons. The number of aromatic nitrogens is 3. The number of imidazole rings is 1. The second-order valence-corrected chi connectivity index (χ2v) is 6.89. The Morgan fingerprint density at radius 2 is 1.92 bits per heavy atom. The molecule has 126 valence electrons. The molecular formula is C17H22N6S. The molecule has 0 bridgehead atoms. The van der Waals surface area contributed by atoms with Crippen molar-refractivity contribution in [1.29, 1.82) is 0 Å². The Morgan fingerprint density at radius 1 is 1.17 bits per heavy atom. The minimum absolute atomic E-state index is 0.612. The molecule has 0 aliphatic carbocycles. The van der Waals surface area contributed by atoms with E-state index in [0.29, 0.717) is 13.1 Å². The molecule has 0 unspecified atom stereocenters. The highest BCUT2D eigenvalue weighted by atomic mass is 32.1. The highest BCUT2D eigenvalue weighted by Crippen LogP contribution is 2.16. The summed E-state index contributed by atoms with van der Waals surface area (Å²) in [6.07, 6.45) is 0. The van der Waals surface area contributed by atoms with Gasteiger partial charge >= 0.3 is 0 Å². The van der Waals surface area contributed by atoms with Gasteiger partial charge in [0.05, 0.1) is 29.8 Å². The summed E-state index contributed by atoms with van der Waals surface area (Å²) < 4.78 is 2.10. The van der Waals surface area contributed by atoms with Gasteiger partial charge in [-0.05, 0) is 26.0 Å². The average Bonchev–Trinajstić information content (AvgIpc) is 3.08. The fourth-order valence-corrected chi connectivity index (χ4v) is 3.38. The second kappa shape index (κ2) is 7.00. The van der Waals surface area contributed by atoms with E-state index >= 15 is 0 Å². The number of thiazole rings is 1. The van der Waals surface area contributed by atoms with Crippen molar-refractivity contribution < 1.29 is 0 Å². The number of hydrogen-bond donors (Lipinski definition) is 2. The third-order valence-electron chi connectivity index (χ3n) is 4.00. The van der Waals surface area contributed by atoms with Crippen LogP contribution in [0.15, 0.2) is 29.3 Å². The van der Waals surface area contributed by atoms with Crippen molar-refractivity contribution in [1.82, 2.24) is 25.2 Å². The SMILES string of the molecule is CN=C(NCc1nc(C)c(C)s1)NCc1nc2ccccc2n1C. The molecule has 3 aromatic rings. The Morgan fingerprint density at radius 3 is 2.58 bits per heavy atom. The zero-order valence-corrected chi connectivity index (χ0v) is 15.2. The van der Waals surface area contributed by atoms with Gasteiger partial charge in [0.2, 0.25) is 0 Å². The van der Waals surface area contributed by atoms with Crippen LogP contribution < -0.4 is 10.6 Å². The smallest absolute Gasteiger partial charge is 0.191 e. The third-order valence-corrected chi connectivity index (χ3v) is 5.07. The number of aliphatic imine (C=N–C) groups is 1. The fraction of sp³-hybridized carbons (Fsp3) is 0.353. The molecule has 2 N–H and O–H groups in total. The van der Waals surface area contributed by atoms with Crippen LogP contribution in [0, 0.1) is 13.8 Å². The summed E-state index contributed by atoms with van der Waals surface area (Å²) in [5.41, 5.74) is 3.24. The van der Waals surface area contributed by atoms with Crippen LogP contribution in [0.3, 0.4) is 0 Å². The Bertz CT molecular complexity index is 857. The van der Waals surface area contributed by atoms with Crippen molar-refractivity contribution in [2.75, 3.05) is 7.05 Å². The summed E-state index contributed by atoms with van der Waals surface area (Å²) >= 11 is 1.71. The zero-order valence-electron chi connectivity index (χ0n) is 14.4. The van der Waals surface area contributed by atoms with Crippen molar-refractivity contribution in [2.24, 2.45) is 12.0 Å². The molecule has 0 saturated carbocycles. The first kappa shape index (κ1) is 16.4. The normalized spacial score (nSPS) is 11.9. The predicted octanol–water partition coefficient (Wildman–Crippen LogP) is 2.51. The third kappa shape index (κ3) is 3.41. The standard InChI is InChI=1S/C17H22N6S/c1-11-12(2)24-16(21-11)10-20-17(18-3)19-9-15-22-13-7-5-6-8-14(13)23(15)4/h5-8H,9-10H2,1-4H3,(H2,18,19,20). The van der Waals surface area contributed by atoms with Crippen LogP contribution in [-0.4, -0.2) is 27.5 Å². The Balaban J connectivity index is 1.62. The average molecular weight is 342 g/mol. The largest absolute Gasteiger partial charge is 0.350 e. The van der Waals surface area contributed by atoms with E-state index in [4.69, 9.17) is 0 Å². The van der Waals surface area contributed by atoms with E-state index in [2.05, 4.69) is 43.2 Å². The molecule has 2 heterocycles. The van der Waals surface area contributed by atoms with E-state index in [-0.39, 0.29) is 0 Å². The lowest BCUT2D eigenvalue weighted by molar-refractivity contribution is 0.735. The lowest BCUT2D eigenvalue weighted by atomic mass is 10.3. The van der Waals surface area contributed by atoms with Crippen LogP contribution in [0.25, 0.3) is 11.0 Å². The topological polar surface area (TPSA) is 67.1 Å². The first-order valence-corrected chi connectivity index (χ1v) is 8.68. The van der Waals surface area contributed by atoms with Gasteiger partial charge in [0.1, 0.15) is 10.8 Å². The van der Waals surface area contributed by atoms with Gasteiger partial charge < -0.3 is 15.2 Å². The molecule has 2 aromatic heterocycles. The van der Waals surface area contributed by atoms with E-state index in [9.17, 15) is 0 Å². The molecule has 0 amide bonds. The zero-order chi connectivity index (χ0) is 17.1. The summed E-state index contributed by atoms with van der Waals surface area (Å²) in [6, 6.07) is 8.13. The van der Waals surface area contributed by atoms with Crippen LogP contribution in [0.2, 0.25) is 0 Å². The maximum absolute atomic E-state index is 4.66. The van der Waals surface area contributed by atoms with Crippen LogP contribution in [-0.2, 0) is 20.1 Å². The maximum Gasteiger partial charge on any atom is 0.191 e. The van der Waals surface area contributed by atoms with Crippen molar-refractivity contribution in [2.45, 2.75) is 26.9 Å². The van der Waals surface area contributed by atoms with Gasteiger partial charge in [-0.2, -0.15) is 0 Å². The monoisotopic (exact) mass is 342 g/mol. The predicted molar refractivity (Wildman–Crippen MR) is 99.3 cm³/mol. The number of nitrogens with one attached hydrogen (secondary N) is 2. The Hall–Kier alpha value is -2.41. The van der Waals surface area contributed by atoms with E-state index in [1.165, 1.54) is 4.88 Å². The minimum Gasteiger partial charge on any atom is -0.350 e. The van der Waals surface area contributed by atoms with Crippen LogP contribution >= 0.6 is 11.3 Å². The highest BCUT2D eigenvalue weighted by Gasteiger charge is 2.08. The first-order chi connectivity index (χ1) is 11.6. The van der Waals surface area contributed by atoms with Gasteiger partial charge in [-0.25, -0.2) is 9.97 Å². The molecule has 24 heavy (non-hydrogen) atoms. The van der Waals surface area contributed by atoms with Gasteiger partial charge in [-0.3, -0.25) is 4.99 Å². The van der Waals surface area contributed by atoms with Crippen molar-refractivity contribution in [3.05, 3.63) is 45.7 Å². The minimum atomic E-state index is 0.612. The molecular weight excluding hydrogens is 320 g/mol. The van der Waals surface area contributed by atoms with Crippen molar-refractivity contribution in [3.63, 3.8) is 0 Å². The number of hydrogen-bond acceptors (Lipinski definition) is 4. The molecule has 6 nitrogen and oxygen atoms in total. The summed E-state index contributed by atoms with van der Waals surface area (Å²) in [5.74, 6) is 1.72. The Labute approximate surface area is 145 Å². The molecule has 0 saturated heterocycles. The molecule has 0 fully saturated rings. The molecule has 0 spiro atoms. The molecule has 1 aromatic carbocycles. The molecule has 3 rings (SSSR count). The van der Waals surface area contributed by atoms with Gasteiger partial charge in [0.15, 0.2) is 5.96 Å². The summed E-state index contributed by atoms with van der Waals surface area (Å²) in [5, 5.41) is 7.68. The van der Waals surface area contributed by atoms with E-state index in [0.717, 1.165) is 33.5 Å². The van der Waals surface area contributed by atoms with Crippen molar-refractivity contribution >= 4 is 28.3 Å². The lowest BCUT2D eigenvalue weighted by Gasteiger charge is -2.10. The van der Waals surface area contributed by atoms with Gasteiger partial charge in [0, 0.05) is 19.0 Å². The quantitative estimate of drug-likeness (QED) is 0.565. The number of aryl methyl sites for hydroxylation is 3. The van der Waals surface area contributed by atoms with Crippen LogP contribution in [0.5, 0.6) is 0 Å². The number of rotatable bonds is 4. The summed E-state index contributed by atoms with van der Waals surface area (Å²) in [4.78, 5) is 14.7. The molecule has 0 aliphatic rings. The fourth-order valence-electron chi connectivity index (χ4n) is 2.51. The van der Waals surface area contributed by atoms with Crippen LogP contribution in [0.1, 0.15) is 21.4 Å². The van der Waals surface area contributed by atoms with Crippen LogP contribution in [0.4, 0.5) is 0 Å².